The highest BCUT2D eigenvalue weighted by Crippen LogP contribution is 2.39. The van der Waals surface area contributed by atoms with E-state index in [-0.39, 0.29) is 23.4 Å². The van der Waals surface area contributed by atoms with E-state index in [0.717, 1.165) is 24.8 Å². The molecule has 3 rings (SSSR count). The first kappa shape index (κ1) is 18.5. The predicted molar refractivity (Wildman–Crippen MR) is 95.9 cm³/mol. The zero-order chi connectivity index (χ0) is 18.0. The lowest BCUT2D eigenvalue weighted by molar-refractivity contribution is 0.0949. The topological polar surface area (TPSA) is 80.2 Å². The maximum absolute atomic E-state index is 12.6. The van der Waals surface area contributed by atoms with E-state index in [9.17, 15) is 13.2 Å². The van der Waals surface area contributed by atoms with E-state index in [2.05, 4.69) is 10.2 Å². The molecule has 1 saturated carbocycles. The van der Waals surface area contributed by atoms with Crippen LogP contribution in [-0.2, 0) is 10.0 Å². The molecule has 0 N–H and O–H groups in total. The molecule has 0 bridgehead atoms. The van der Waals surface area contributed by atoms with Crippen molar-refractivity contribution in [2.75, 3.05) is 18.8 Å². The SMILES string of the molecule is CCCCS(=O)(=O)N1C[C@@H](CC(=O)c2cc(C3CC3)cnn2)[C@@H](C)C1. The van der Waals surface area contributed by atoms with Gasteiger partial charge in [-0.2, -0.15) is 5.10 Å². The number of unbranched alkanes of at least 4 members (excludes halogenated alkanes) is 1. The van der Waals surface area contributed by atoms with Crippen LogP contribution in [0.3, 0.4) is 0 Å². The Labute approximate surface area is 150 Å². The summed E-state index contributed by atoms with van der Waals surface area (Å²) in [6.45, 7) is 4.96. The fraction of sp³-hybridized carbons (Fsp3) is 0.722. The molecule has 1 aliphatic carbocycles. The molecule has 0 amide bonds. The van der Waals surface area contributed by atoms with Crippen molar-refractivity contribution in [3.05, 3.63) is 23.5 Å². The van der Waals surface area contributed by atoms with E-state index >= 15 is 0 Å². The molecule has 0 spiro atoms. The van der Waals surface area contributed by atoms with Crippen molar-refractivity contribution < 1.29 is 13.2 Å². The van der Waals surface area contributed by atoms with Crippen molar-refractivity contribution >= 4 is 15.8 Å². The number of rotatable bonds is 8. The highest BCUT2D eigenvalue weighted by molar-refractivity contribution is 7.89. The van der Waals surface area contributed by atoms with Crippen LogP contribution in [0.25, 0.3) is 0 Å². The normalized spacial score (nSPS) is 24.6. The zero-order valence-electron chi connectivity index (χ0n) is 15.0. The third-order valence-electron chi connectivity index (χ3n) is 5.34. The summed E-state index contributed by atoms with van der Waals surface area (Å²) < 4.78 is 26.3. The second-order valence-electron chi connectivity index (χ2n) is 7.50. The summed E-state index contributed by atoms with van der Waals surface area (Å²) >= 11 is 0. The Balaban J connectivity index is 1.62. The van der Waals surface area contributed by atoms with E-state index in [1.165, 1.54) is 0 Å². The molecule has 1 aromatic heterocycles. The molecule has 2 heterocycles. The van der Waals surface area contributed by atoms with Gasteiger partial charge in [0.2, 0.25) is 10.0 Å². The molecule has 1 aromatic rings. The minimum atomic E-state index is -3.20. The van der Waals surface area contributed by atoms with Crippen molar-refractivity contribution in [3.8, 4) is 0 Å². The molecule has 138 valence electrons. The molecule has 1 aliphatic heterocycles. The molecule has 0 aromatic carbocycles. The third-order valence-corrected chi connectivity index (χ3v) is 7.23. The number of carbonyl (C=O) groups is 1. The highest BCUT2D eigenvalue weighted by Gasteiger charge is 2.37. The molecule has 2 aliphatic rings. The second kappa shape index (κ2) is 7.50. The summed E-state index contributed by atoms with van der Waals surface area (Å²) in [7, 11) is -3.20. The van der Waals surface area contributed by atoms with Crippen molar-refractivity contribution in [3.63, 3.8) is 0 Å². The van der Waals surface area contributed by atoms with Crippen molar-refractivity contribution in [2.24, 2.45) is 11.8 Å². The summed E-state index contributed by atoms with van der Waals surface area (Å²) in [6, 6.07) is 1.86. The van der Waals surface area contributed by atoms with Gasteiger partial charge >= 0.3 is 0 Å². The van der Waals surface area contributed by atoms with Crippen LogP contribution in [0.15, 0.2) is 12.3 Å². The molecule has 1 saturated heterocycles. The number of carbonyl (C=O) groups excluding carboxylic acids is 1. The molecule has 0 radical (unpaired) electrons. The average molecular weight is 365 g/mol. The van der Waals surface area contributed by atoms with Gasteiger partial charge in [0, 0.05) is 19.5 Å². The maximum atomic E-state index is 12.6. The number of nitrogens with zero attached hydrogens (tertiary/aromatic N) is 3. The monoisotopic (exact) mass is 365 g/mol. The largest absolute Gasteiger partial charge is 0.292 e. The van der Waals surface area contributed by atoms with Gasteiger partial charge in [-0.15, -0.1) is 5.10 Å². The Hall–Kier alpha value is -1.34. The van der Waals surface area contributed by atoms with Crippen LogP contribution >= 0.6 is 0 Å². The van der Waals surface area contributed by atoms with E-state index < -0.39 is 10.0 Å². The van der Waals surface area contributed by atoms with Gasteiger partial charge in [0.15, 0.2) is 5.78 Å². The minimum absolute atomic E-state index is 0.0281. The lowest BCUT2D eigenvalue weighted by atomic mass is 9.92. The third kappa shape index (κ3) is 4.44. The van der Waals surface area contributed by atoms with Crippen LogP contribution in [-0.4, -0.2) is 47.5 Å². The first-order valence-corrected chi connectivity index (χ1v) is 10.8. The van der Waals surface area contributed by atoms with Crippen LogP contribution in [0, 0.1) is 11.8 Å². The van der Waals surface area contributed by atoms with Crippen LogP contribution < -0.4 is 0 Å². The quantitative estimate of drug-likeness (QED) is 0.662. The van der Waals surface area contributed by atoms with Crippen molar-refractivity contribution in [2.45, 2.75) is 51.9 Å². The molecule has 2 atom stereocenters. The van der Waals surface area contributed by atoms with Gasteiger partial charge in [0.05, 0.1) is 11.9 Å². The van der Waals surface area contributed by atoms with E-state index in [0.29, 0.717) is 37.5 Å². The van der Waals surface area contributed by atoms with Crippen LogP contribution in [0.1, 0.15) is 67.9 Å². The number of sulfonamides is 1. The molecule has 0 unspecified atom stereocenters. The minimum Gasteiger partial charge on any atom is -0.292 e. The summed E-state index contributed by atoms with van der Waals surface area (Å²) in [5.41, 5.74) is 1.52. The molecular weight excluding hydrogens is 338 g/mol. The van der Waals surface area contributed by atoms with Gasteiger partial charge in [0.1, 0.15) is 5.69 Å². The standard InChI is InChI=1S/C18H27N3O3S/c1-3-4-7-25(23,24)21-11-13(2)16(12-21)9-18(22)17-8-15(10-19-20-17)14-5-6-14/h8,10,13-14,16H,3-7,9,11-12H2,1-2H3/t13-,16+/m0/s1. The number of aromatic nitrogens is 2. The fourth-order valence-electron chi connectivity index (χ4n) is 3.44. The van der Waals surface area contributed by atoms with Crippen LogP contribution in [0.5, 0.6) is 0 Å². The second-order valence-corrected chi connectivity index (χ2v) is 9.59. The molecule has 25 heavy (non-hydrogen) atoms. The Morgan fingerprint density at radius 3 is 2.76 bits per heavy atom. The maximum Gasteiger partial charge on any atom is 0.214 e. The van der Waals surface area contributed by atoms with Crippen molar-refractivity contribution in [1.29, 1.82) is 0 Å². The molecule has 2 fully saturated rings. The number of ketones is 1. The first-order chi connectivity index (χ1) is 11.9. The van der Waals surface area contributed by atoms with Gasteiger partial charge in [-0.3, -0.25) is 4.79 Å². The summed E-state index contributed by atoms with van der Waals surface area (Å²) in [5, 5.41) is 7.96. The Morgan fingerprint density at radius 1 is 1.32 bits per heavy atom. The van der Waals surface area contributed by atoms with Gasteiger partial charge in [0.25, 0.3) is 0 Å². The summed E-state index contributed by atoms with van der Waals surface area (Å²) in [5.74, 6) is 0.938. The fourth-order valence-corrected chi connectivity index (χ4v) is 5.23. The molecular formula is C18H27N3O3S. The first-order valence-electron chi connectivity index (χ1n) is 9.24. The lowest BCUT2D eigenvalue weighted by Crippen LogP contribution is -2.31. The van der Waals surface area contributed by atoms with Gasteiger partial charge in [-0.25, -0.2) is 12.7 Å². The lowest BCUT2D eigenvalue weighted by Gasteiger charge is -2.16. The van der Waals surface area contributed by atoms with Crippen LogP contribution in [0.2, 0.25) is 0 Å². The molecule has 7 heteroatoms. The molecule has 6 nitrogen and oxygen atoms in total. The summed E-state index contributed by atoms with van der Waals surface area (Å²) in [6.07, 6.45) is 5.94. The number of Topliss-reactive ketones (excluding diaryl/α,β-unsaturated/α-hetero) is 1. The van der Waals surface area contributed by atoms with E-state index in [4.69, 9.17) is 0 Å². The highest BCUT2D eigenvalue weighted by atomic mass is 32.2. The number of hydrogen-bond donors (Lipinski definition) is 0. The van der Waals surface area contributed by atoms with E-state index in [1.54, 1.807) is 10.5 Å². The van der Waals surface area contributed by atoms with Crippen molar-refractivity contribution in [1.82, 2.24) is 14.5 Å². The Bertz CT molecular complexity index is 731. The van der Waals surface area contributed by atoms with Crippen LogP contribution in [0.4, 0.5) is 0 Å². The zero-order valence-corrected chi connectivity index (χ0v) is 15.8. The summed E-state index contributed by atoms with van der Waals surface area (Å²) in [4.78, 5) is 12.6. The predicted octanol–water partition coefficient (Wildman–Crippen LogP) is 2.62. The smallest absolute Gasteiger partial charge is 0.214 e. The number of hydrogen-bond acceptors (Lipinski definition) is 5. The van der Waals surface area contributed by atoms with Gasteiger partial charge in [-0.05, 0) is 48.6 Å². The Morgan fingerprint density at radius 2 is 2.08 bits per heavy atom. The average Bonchev–Trinajstić information content (AvgIpc) is 3.38. The Kier molecular flexibility index (Phi) is 5.53. The van der Waals surface area contributed by atoms with E-state index in [1.807, 2.05) is 19.9 Å². The van der Waals surface area contributed by atoms with Gasteiger partial charge < -0.3 is 0 Å². The van der Waals surface area contributed by atoms with Gasteiger partial charge in [-0.1, -0.05) is 20.3 Å².